The summed E-state index contributed by atoms with van der Waals surface area (Å²) in [7, 11) is 0. The molecule has 0 saturated heterocycles. The molecule has 2 N–H and O–H groups in total. The van der Waals surface area contributed by atoms with Crippen LogP contribution in [0.5, 0.6) is 0 Å². The topological polar surface area (TPSA) is 52.3 Å². The summed E-state index contributed by atoms with van der Waals surface area (Å²) in [4.78, 5) is 10.4. The van der Waals surface area contributed by atoms with E-state index < -0.39 is 23.9 Å². The van der Waals surface area contributed by atoms with E-state index in [1.807, 2.05) is 0 Å². The fourth-order valence-corrected chi connectivity index (χ4v) is 0.408. The van der Waals surface area contributed by atoms with Crippen LogP contribution in [0.4, 0.5) is 13.2 Å². The van der Waals surface area contributed by atoms with Gasteiger partial charge in [0, 0.05) is 0 Å². The quantitative estimate of drug-likeness (QED) is 0.523. The zero-order valence-electron chi connectivity index (χ0n) is 6.31. The largest absolute Gasteiger partial charge is 0.461 e. The van der Waals surface area contributed by atoms with E-state index in [0.717, 1.165) is 0 Å². The van der Waals surface area contributed by atoms with Crippen LogP contribution < -0.4 is 5.73 Å². The van der Waals surface area contributed by atoms with Gasteiger partial charge in [-0.1, -0.05) is 0 Å². The molecule has 0 rings (SSSR count). The molecule has 0 aromatic carbocycles. The standard InChI is InChI=1S/C6H8F3NO2/c1-2-12-6(11)3(7)4(10)5(8)9/h5H,2,10H2,1H3/b4-3-. The van der Waals surface area contributed by atoms with E-state index >= 15 is 0 Å². The lowest BCUT2D eigenvalue weighted by Crippen LogP contribution is -2.16. The monoisotopic (exact) mass is 183 g/mol. The van der Waals surface area contributed by atoms with E-state index in [4.69, 9.17) is 0 Å². The number of ether oxygens (including phenoxy) is 1. The van der Waals surface area contributed by atoms with Gasteiger partial charge in [0.25, 0.3) is 6.43 Å². The smallest absolute Gasteiger partial charge is 0.369 e. The number of esters is 1. The molecule has 70 valence electrons. The molecule has 0 saturated carbocycles. The molecular weight excluding hydrogens is 175 g/mol. The Balaban J connectivity index is 4.43. The highest BCUT2D eigenvalue weighted by Crippen LogP contribution is 2.10. The van der Waals surface area contributed by atoms with Gasteiger partial charge >= 0.3 is 5.97 Å². The summed E-state index contributed by atoms with van der Waals surface area (Å²) in [6.07, 6.45) is -3.19. The van der Waals surface area contributed by atoms with Gasteiger partial charge in [0.1, 0.15) is 5.70 Å². The first-order chi connectivity index (χ1) is 5.50. The molecule has 3 nitrogen and oxygen atoms in total. The molecule has 0 unspecified atom stereocenters. The van der Waals surface area contributed by atoms with Crippen molar-refractivity contribution in [2.24, 2.45) is 5.73 Å². The minimum atomic E-state index is -3.19. The SMILES string of the molecule is CCOC(=O)/C(F)=C(/N)C(F)F. The van der Waals surface area contributed by atoms with Crippen LogP contribution in [0.25, 0.3) is 0 Å². The first-order valence-corrected chi connectivity index (χ1v) is 3.11. The number of allylic oxidation sites excluding steroid dienone is 1. The summed E-state index contributed by atoms with van der Waals surface area (Å²) in [6, 6.07) is 0. The van der Waals surface area contributed by atoms with Crippen LogP contribution in [-0.2, 0) is 9.53 Å². The maximum atomic E-state index is 12.4. The Labute approximate surface area is 67.0 Å². The molecule has 0 fully saturated rings. The molecule has 0 aromatic heterocycles. The second-order valence-electron chi connectivity index (χ2n) is 1.79. The molecule has 0 aromatic rings. The molecular formula is C6H8F3NO2. The van der Waals surface area contributed by atoms with Gasteiger partial charge in [0.15, 0.2) is 0 Å². The molecule has 0 atom stereocenters. The Morgan fingerprint density at radius 2 is 2.08 bits per heavy atom. The minimum Gasteiger partial charge on any atom is -0.461 e. The molecule has 0 aliphatic rings. The van der Waals surface area contributed by atoms with Crippen LogP contribution in [0.3, 0.4) is 0 Å². The number of halogens is 3. The zero-order valence-corrected chi connectivity index (χ0v) is 6.31. The molecule has 0 heterocycles. The summed E-state index contributed by atoms with van der Waals surface area (Å²) in [5.41, 5.74) is 3.15. The van der Waals surface area contributed by atoms with Crippen LogP contribution in [0.1, 0.15) is 6.92 Å². The number of hydrogen-bond donors (Lipinski definition) is 1. The van der Waals surface area contributed by atoms with Crippen molar-refractivity contribution in [2.75, 3.05) is 6.61 Å². The normalized spacial score (nSPS) is 12.8. The third-order valence-electron chi connectivity index (χ3n) is 0.943. The Bertz CT molecular complexity index is 203. The molecule has 12 heavy (non-hydrogen) atoms. The van der Waals surface area contributed by atoms with Crippen molar-refractivity contribution in [3.8, 4) is 0 Å². The third kappa shape index (κ3) is 2.81. The highest BCUT2D eigenvalue weighted by Gasteiger charge is 2.20. The first kappa shape index (κ1) is 10.8. The predicted molar refractivity (Wildman–Crippen MR) is 35.0 cm³/mol. The number of alkyl halides is 2. The molecule has 0 bridgehead atoms. The fraction of sp³-hybridized carbons (Fsp3) is 0.500. The number of rotatable bonds is 3. The summed E-state index contributed by atoms with van der Waals surface area (Å²) in [5.74, 6) is -3.19. The molecule has 0 aliphatic carbocycles. The average molecular weight is 183 g/mol. The number of carbonyl (C=O) groups excluding carboxylic acids is 1. The highest BCUT2D eigenvalue weighted by atomic mass is 19.3. The second-order valence-corrected chi connectivity index (χ2v) is 1.79. The van der Waals surface area contributed by atoms with Gasteiger partial charge in [-0.15, -0.1) is 0 Å². The summed E-state index contributed by atoms with van der Waals surface area (Å²) in [6.45, 7) is 1.33. The maximum absolute atomic E-state index is 12.4. The van der Waals surface area contributed by atoms with Gasteiger partial charge in [0.05, 0.1) is 6.61 Å². The van der Waals surface area contributed by atoms with E-state index in [9.17, 15) is 18.0 Å². The second kappa shape index (κ2) is 4.63. The van der Waals surface area contributed by atoms with Gasteiger partial charge in [-0.3, -0.25) is 0 Å². The van der Waals surface area contributed by atoms with Crippen molar-refractivity contribution < 1.29 is 22.7 Å². The van der Waals surface area contributed by atoms with Crippen LogP contribution in [-0.4, -0.2) is 19.0 Å². The van der Waals surface area contributed by atoms with Crippen molar-refractivity contribution in [1.82, 2.24) is 0 Å². The maximum Gasteiger partial charge on any atom is 0.369 e. The highest BCUT2D eigenvalue weighted by molar-refractivity contribution is 5.86. The number of hydrogen-bond acceptors (Lipinski definition) is 3. The average Bonchev–Trinajstić information content (AvgIpc) is 2.02. The summed E-state index contributed by atoms with van der Waals surface area (Å²) >= 11 is 0. The van der Waals surface area contributed by atoms with Crippen LogP contribution >= 0.6 is 0 Å². The third-order valence-corrected chi connectivity index (χ3v) is 0.943. The lowest BCUT2D eigenvalue weighted by Gasteiger charge is -2.02. The Morgan fingerprint density at radius 1 is 1.58 bits per heavy atom. The Morgan fingerprint density at radius 3 is 2.42 bits per heavy atom. The van der Waals surface area contributed by atoms with Crippen molar-refractivity contribution >= 4 is 5.97 Å². The van der Waals surface area contributed by atoms with Gasteiger partial charge in [-0.05, 0) is 6.92 Å². The van der Waals surface area contributed by atoms with Crippen LogP contribution in [0, 0.1) is 0 Å². The number of nitrogens with two attached hydrogens (primary N) is 1. The first-order valence-electron chi connectivity index (χ1n) is 3.11. The lowest BCUT2D eigenvalue weighted by atomic mass is 10.4. The van der Waals surface area contributed by atoms with Crippen molar-refractivity contribution in [3.05, 3.63) is 11.5 Å². The molecule has 0 spiro atoms. The summed E-state index contributed by atoms with van der Waals surface area (Å²) < 4.78 is 39.8. The van der Waals surface area contributed by atoms with E-state index in [1.165, 1.54) is 6.92 Å². The van der Waals surface area contributed by atoms with E-state index in [2.05, 4.69) is 10.5 Å². The fourth-order valence-electron chi connectivity index (χ4n) is 0.408. The van der Waals surface area contributed by atoms with E-state index in [0.29, 0.717) is 0 Å². The van der Waals surface area contributed by atoms with Crippen molar-refractivity contribution in [1.29, 1.82) is 0 Å². The predicted octanol–water partition coefficient (Wildman–Crippen LogP) is 0.954. The minimum absolute atomic E-state index is 0.0945. The van der Waals surface area contributed by atoms with Crippen molar-refractivity contribution in [3.63, 3.8) is 0 Å². The van der Waals surface area contributed by atoms with E-state index in [1.54, 1.807) is 0 Å². The van der Waals surface area contributed by atoms with Gasteiger partial charge in [-0.25, -0.2) is 13.6 Å². The zero-order chi connectivity index (χ0) is 9.72. The summed E-state index contributed by atoms with van der Waals surface area (Å²) in [5, 5.41) is 0. The number of carbonyl (C=O) groups is 1. The molecule has 0 amide bonds. The van der Waals surface area contributed by atoms with E-state index in [-0.39, 0.29) is 6.61 Å². The van der Waals surface area contributed by atoms with Gasteiger partial charge in [0.2, 0.25) is 5.83 Å². The van der Waals surface area contributed by atoms with Crippen LogP contribution in [0.2, 0.25) is 0 Å². The lowest BCUT2D eigenvalue weighted by molar-refractivity contribution is -0.140. The Hall–Kier alpha value is -1.20. The Kier molecular flexibility index (Phi) is 4.17. The van der Waals surface area contributed by atoms with Crippen molar-refractivity contribution in [2.45, 2.75) is 13.3 Å². The van der Waals surface area contributed by atoms with Gasteiger partial charge < -0.3 is 10.5 Å². The molecule has 0 aliphatic heterocycles. The molecule has 0 radical (unpaired) electrons. The van der Waals surface area contributed by atoms with Gasteiger partial charge in [-0.2, -0.15) is 4.39 Å². The molecule has 6 heteroatoms. The van der Waals surface area contributed by atoms with Crippen LogP contribution in [0.15, 0.2) is 11.5 Å².